The zero-order valence-corrected chi connectivity index (χ0v) is 11.2. The first-order valence-corrected chi connectivity index (χ1v) is 6.51. The number of nitrogens with zero attached hydrogens (tertiary/aromatic N) is 2. The van der Waals surface area contributed by atoms with Gasteiger partial charge in [0.2, 0.25) is 5.91 Å². The van der Waals surface area contributed by atoms with Gasteiger partial charge in [-0.05, 0) is 12.8 Å². The minimum atomic E-state index is -0.492. The number of ketones is 1. The van der Waals surface area contributed by atoms with E-state index in [9.17, 15) is 14.4 Å². The maximum Gasteiger partial charge on any atom is 0.345 e. The smallest absolute Gasteiger partial charge is 0.345 e. The van der Waals surface area contributed by atoms with Crippen LogP contribution in [0.25, 0.3) is 0 Å². The lowest BCUT2D eigenvalue weighted by atomic mass is 10.0. The fourth-order valence-corrected chi connectivity index (χ4v) is 2.57. The van der Waals surface area contributed by atoms with Crippen molar-refractivity contribution in [2.45, 2.75) is 38.3 Å². The van der Waals surface area contributed by atoms with Crippen LogP contribution in [0.5, 0.6) is 0 Å². The molecule has 2 rings (SSSR count). The molecule has 7 heteroatoms. The Labute approximate surface area is 111 Å². The molecular formula is C12H19N3O4. The maximum absolute atomic E-state index is 12.0. The van der Waals surface area contributed by atoms with Crippen molar-refractivity contribution in [2.24, 2.45) is 0 Å². The van der Waals surface area contributed by atoms with Crippen molar-refractivity contribution >= 4 is 17.7 Å². The molecular weight excluding hydrogens is 250 g/mol. The van der Waals surface area contributed by atoms with Crippen LogP contribution in [0.3, 0.4) is 0 Å². The standard InChI is InChI=1S/C12H19N3O4/c1-3-9(16)6-13-11(17)10-5-4-8-7-14(10)12(18)15(8)19-2/h8,10H,3-7H2,1-2H3,(H,13,17)/t8-,10+/m1/s1. The second-order valence-corrected chi connectivity index (χ2v) is 4.80. The lowest BCUT2D eigenvalue weighted by Crippen LogP contribution is -2.50. The number of carbonyl (C=O) groups is 3. The minimum absolute atomic E-state index is 0.0201. The van der Waals surface area contributed by atoms with Crippen molar-refractivity contribution in [3.05, 3.63) is 0 Å². The minimum Gasteiger partial charge on any atom is -0.347 e. The third kappa shape index (κ3) is 2.56. The first-order valence-electron chi connectivity index (χ1n) is 6.51. The monoisotopic (exact) mass is 269 g/mol. The Hall–Kier alpha value is -1.63. The number of hydrogen-bond acceptors (Lipinski definition) is 4. The van der Waals surface area contributed by atoms with Crippen LogP contribution >= 0.6 is 0 Å². The van der Waals surface area contributed by atoms with E-state index >= 15 is 0 Å². The third-order valence-electron chi connectivity index (χ3n) is 3.68. The van der Waals surface area contributed by atoms with Crippen molar-refractivity contribution in [3.63, 3.8) is 0 Å². The van der Waals surface area contributed by atoms with Gasteiger partial charge in [-0.25, -0.2) is 4.79 Å². The third-order valence-corrected chi connectivity index (χ3v) is 3.68. The predicted molar refractivity (Wildman–Crippen MR) is 66.1 cm³/mol. The molecule has 2 aliphatic heterocycles. The number of Topliss-reactive ketones (excluding diaryl/α,β-unsaturated/α-hetero) is 1. The zero-order chi connectivity index (χ0) is 14.0. The lowest BCUT2D eigenvalue weighted by Gasteiger charge is -2.29. The van der Waals surface area contributed by atoms with E-state index in [2.05, 4.69) is 5.32 Å². The molecule has 1 N–H and O–H groups in total. The fourth-order valence-electron chi connectivity index (χ4n) is 2.57. The van der Waals surface area contributed by atoms with Crippen LogP contribution in [0.4, 0.5) is 4.79 Å². The van der Waals surface area contributed by atoms with Gasteiger partial charge in [-0.3, -0.25) is 14.4 Å². The Kier molecular flexibility index (Phi) is 4.04. The van der Waals surface area contributed by atoms with Gasteiger partial charge in [0.1, 0.15) is 6.04 Å². The van der Waals surface area contributed by atoms with E-state index in [0.717, 1.165) is 6.42 Å². The highest BCUT2D eigenvalue weighted by molar-refractivity contribution is 5.91. The van der Waals surface area contributed by atoms with Crippen molar-refractivity contribution in [2.75, 3.05) is 20.2 Å². The van der Waals surface area contributed by atoms with Crippen LogP contribution in [0, 0.1) is 0 Å². The van der Waals surface area contributed by atoms with Gasteiger partial charge in [-0.15, -0.1) is 0 Å². The molecule has 2 aliphatic rings. The molecule has 19 heavy (non-hydrogen) atoms. The van der Waals surface area contributed by atoms with Gasteiger partial charge in [0.25, 0.3) is 0 Å². The van der Waals surface area contributed by atoms with Gasteiger partial charge >= 0.3 is 6.03 Å². The molecule has 0 spiro atoms. The van der Waals surface area contributed by atoms with Gasteiger partial charge in [0.15, 0.2) is 5.78 Å². The molecule has 0 aliphatic carbocycles. The Morgan fingerprint density at radius 2 is 2.16 bits per heavy atom. The lowest BCUT2D eigenvalue weighted by molar-refractivity contribution is -0.128. The van der Waals surface area contributed by atoms with Gasteiger partial charge < -0.3 is 10.2 Å². The van der Waals surface area contributed by atoms with E-state index in [4.69, 9.17) is 4.84 Å². The number of carbonyl (C=O) groups excluding carboxylic acids is 3. The average Bonchev–Trinajstić information content (AvgIpc) is 2.67. The van der Waals surface area contributed by atoms with Gasteiger partial charge in [-0.2, -0.15) is 5.06 Å². The number of urea groups is 1. The molecule has 7 nitrogen and oxygen atoms in total. The number of hydroxylamine groups is 2. The summed E-state index contributed by atoms with van der Waals surface area (Å²) in [6.07, 6.45) is 1.73. The molecule has 0 aromatic carbocycles. The van der Waals surface area contributed by atoms with Crippen LogP contribution in [-0.4, -0.2) is 60.0 Å². The predicted octanol–water partition coefficient (Wildman–Crippen LogP) is -0.0883. The molecule has 2 fully saturated rings. The molecule has 0 aromatic heterocycles. The summed E-state index contributed by atoms with van der Waals surface area (Å²) in [4.78, 5) is 41.8. The number of fused-ring (bicyclic) bond motifs is 2. The van der Waals surface area contributed by atoms with Gasteiger partial charge in [0.05, 0.1) is 19.7 Å². The number of nitrogens with one attached hydrogen (secondary N) is 1. The molecule has 2 saturated heterocycles. The summed E-state index contributed by atoms with van der Waals surface area (Å²) in [5.74, 6) is -0.278. The normalized spacial score (nSPS) is 25.7. The van der Waals surface area contributed by atoms with E-state index < -0.39 is 6.04 Å². The number of hydrogen-bond donors (Lipinski definition) is 1. The summed E-state index contributed by atoms with van der Waals surface area (Å²) in [5.41, 5.74) is 0. The Balaban J connectivity index is 1.97. The maximum atomic E-state index is 12.0. The number of piperidine rings is 1. The molecule has 0 aromatic rings. The van der Waals surface area contributed by atoms with Crippen LogP contribution in [-0.2, 0) is 14.4 Å². The van der Waals surface area contributed by atoms with Crippen molar-refractivity contribution in [3.8, 4) is 0 Å². The second kappa shape index (κ2) is 5.56. The van der Waals surface area contributed by atoms with E-state index in [1.54, 1.807) is 6.92 Å². The Morgan fingerprint density at radius 1 is 1.42 bits per heavy atom. The van der Waals surface area contributed by atoms with Crippen LogP contribution in [0.2, 0.25) is 0 Å². The van der Waals surface area contributed by atoms with E-state index in [1.807, 2.05) is 0 Å². The molecule has 2 atom stereocenters. The first kappa shape index (κ1) is 13.8. The Morgan fingerprint density at radius 3 is 2.79 bits per heavy atom. The van der Waals surface area contributed by atoms with E-state index in [-0.39, 0.29) is 30.3 Å². The van der Waals surface area contributed by atoms with Gasteiger partial charge in [-0.1, -0.05) is 6.92 Å². The molecule has 0 unspecified atom stereocenters. The van der Waals surface area contributed by atoms with Crippen LogP contribution < -0.4 is 5.32 Å². The number of rotatable bonds is 5. The largest absolute Gasteiger partial charge is 0.347 e. The zero-order valence-electron chi connectivity index (χ0n) is 11.2. The number of amides is 3. The van der Waals surface area contributed by atoms with E-state index in [0.29, 0.717) is 19.4 Å². The Bertz CT molecular complexity index is 398. The van der Waals surface area contributed by atoms with Gasteiger partial charge in [0, 0.05) is 13.0 Å². The molecule has 0 saturated carbocycles. The van der Waals surface area contributed by atoms with E-state index in [1.165, 1.54) is 17.1 Å². The second-order valence-electron chi connectivity index (χ2n) is 4.80. The summed E-state index contributed by atoms with van der Waals surface area (Å²) in [7, 11) is 1.45. The summed E-state index contributed by atoms with van der Waals surface area (Å²) in [5, 5.41) is 3.92. The highest BCUT2D eigenvalue weighted by Crippen LogP contribution is 2.29. The van der Waals surface area contributed by atoms with Crippen molar-refractivity contribution in [1.82, 2.24) is 15.3 Å². The summed E-state index contributed by atoms with van der Waals surface area (Å²) < 4.78 is 0. The van der Waals surface area contributed by atoms with Crippen LogP contribution in [0.15, 0.2) is 0 Å². The van der Waals surface area contributed by atoms with Crippen LogP contribution in [0.1, 0.15) is 26.2 Å². The molecule has 2 bridgehead atoms. The SMILES string of the molecule is CCC(=O)CNC(=O)[C@@H]1CC[C@@H]2CN1C(=O)N2OC. The fraction of sp³-hybridized carbons (Fsp3) is 0.750. The molecule has 2 heterocycles. The van der Waals surface area contributed by atoms with Crippen molar-refractivity contribution in [1.29, 1.82) is 0 Å². The molecule has 106 valence electrons. The summed E-state index contributed by atoms with van der Waals surface area (Å²) in [6.45, 7) is 2.29. The highest BCUT2D eigenvalue weighted by atomic mass is 16.7. The highest BCUT2D eigenvalue weighted by Gasteiger charge is 2.47. The topological polar surface area (TPSA) is 79.0 Å². The quantitative estimate of drug-likeness (QED) is 0.756. The first-order chi connectivity index (χ1) is 9.08. The summed E-state index contributed by atoms with van der Waals surface area (Å²) >= 11 is 0. The average molecular weight is 269 g/mol. The van der Waals surface area contributed by atoms with Crippen molar-refractivity contribution < 1.29 is 19.2 Å². The summed E-state index contributed by atoms with van der Waals surface area (Å²) in [6, 6.07) is -0.737. The molecule has 0 radical (unpaired) electrons. The molecule has 3 amide bonds.